The number of carbonyl (C=O) groups is 2. The highest BCUT2D eigenvalue weighted by Crippen LogP contribution is 2.30. The standard InChI is InChI=1S/C17H18F3N3O4/c1-4-21-15(24)10(2)27-16(25)14-13(26-3)9-23(22-14)12-7-5-6-11(8-12)17(18,19)20/h5-10H,4H2,1-3H3,(H,21,24). The fourth-order valence-corrected chi connectivity index (χ4v) is 2.19. The van der Waals surface area contributed by atoms with Gasteiger partial charge in [0.05, 0.1) is 24.6 Å². The summed E-state index contributed by atoms with van der Waals surface area (Å²) in [5.74, 6) is -1.42. The van der Waals surface area contributed by atoms with E-state index in [0.717, 1.165) is 16.8 Å². The van der Waals surface area contributed by atoms with Crippen molar-refractivity contribution in [3.05, 3.63) is 41.7 Å². The first-order chi connectivity index (χ1) is 12.7. The van der Waals surface area contributed by atoms with E-state index in [9.17, 15) is 22.8 Å². The Morgan fingerprint density at radius 2 is 2.04 bits per heavy atom. The van der Waals surface area contributed by atoms with Crippen molar-refractivity contribution in [1.82, 2.24) is 15.1 Å². The minimum atomic E-state index is -4.52. The largest absolute Gasteiger partial charge is 0.493 e. The summed E-state index contributed by atoms with van der Waals surface area (Å²) in [5, 5.41) is 6.45. The number of esters is 1. The van der Waals surface area contributed by atoms with Gasteiger partial charge in [0.2, 0.25) is 5.69 Å². The van der Waals surface area contributed by atoms with E-state index in [1.54, 1.807) is 6.92 Å². The van der Waals surface area contributed by atoms with Gasteiger partial charge in [-0.25, -0.2) is 9.48 Å². The number of hydrogen-bond acceptors (Lipinski definition) is 5. The average molecular weight is 385 g/mol. The number of nitrogens with zero attached hydrogens (tertiary/aromatic N) is 2. The number of benzene rings is 1. The van der Waals surface area contributed by atoms with Crippen LogP contribution in [-0.4, -0.2) is 41.4 Å². The Labute approximate surface area is 153 Å². The molecular formula is C17H18F3N3O4. The third-order valence-corrected chi connectivity index (χ3v) is 3.54. The van der Waals surface area contributed by atoms with Crippen LogP contribution in [0, 0.1) is 0 Å². The molecule has 27 heavy (non-hydrogen) atoms. The van der Waals surface area contributed by atoms with Crippen molar-refractivity contribution < 1.29 is 32.2 Å². The second-order valence-corrected chi connectivity index (χ2v) is 5.48. The quantitative estimate of drug-likeness (QED) is 0.773. The third kappa shape index (κ3) is 4.78. The smallest absolute Gasteiger partial charge is 0.416 e. The molecule has 1 aromatic heterocycles. The van der Waals surface area contributed by atoms with Crippen molar-refractivity contribution in [2.45, 2.75) is 26.1 Å². The van der Waals surface area contributed by atoms with Gasteiger partial charge in [-0.15, -0.1) is 0 Å². The van der Waals surface area contributed by atoms with Gasteiger partial charge in [0, 0.05) is 6.54 Å². The number of hydrogen-bond donors (Lipinski definition) is 1. The molecule has 0 aliphatic rings. The number of alkyl halides is 3. The van der Waals surface area contributed by atoms with E-state index in [0.29, 0.717) is 6.54 Å². The summed E-state index contributed by atoms with van der Waals surface area (Å²) >= 11 is 0. The molecule has 1 heterocycles. The zero-order valence-electron chi connectivity index (χ0n) is 14.8. The van der Waals surface area contributed by atoms with E-state index in [1.165, 1.54) is 32.4 Å². The number of ether oxygens (including phenoxy) is 2. The molecule has 1 unspecified atom stereocenters. The summed E-state index contributed by atoms with van der Waals surface area (Å²) in [6.45, 7) is 3.47. The van der Waals surface area contributed by atoms with Gasteiger partial charge in [0.25, 0.3) is 5.91 Å². The van der Waals surface area contributed by atoms with E-state index in [2.05, 4.69) is 10.4 Å². The first-order valence-electron chi connectivity index (χ1n) is 7.97. The van der Waals surface area contributed by atoms with Crippen LogP contribution < -0.4 is 10.1 Å². The Kier molecular flexibility index (Phi) is 6.09. The van der Waals surface area contributed by atoms with Gasteiger partial charge in [0.15, 0.2) is 11.9 Å². The van der Waals surface area contributed by atoms with Crippen LogP contribution in [0.1, 0.15) is 29.9 Å². The molecule has 0 aliphatic carbocycles. The molecule has 7 nitrogen and oxygen atoms in total. The van der Waals surface area contributed by atoms with E-state index in [1.807, 2.05) is 0 Å². The van der Waals surface area contributed by atoms with Gasteiger partial charge in [-0.2, -0.15) is 18.3 Å². The minimum absolute atomic E-state index is 0.000474. The molecule has 1 N–H and O–H groups in total. The molecule has 0 saturated carbocycles. The molecule has 10 heteroatoms. The highest BCUT2D eigenvalue weighted by molar-refractivity contribution is 5.92. The maximum Gasteiger partial charge on any atom is 0.416 e. The zero-order chi connectivity index (χ0) is 20.2. The van der Waals surface area contributed by atoms with Gasteiger partial charge in [-0.3, -0.25) is 4.79 Å². The van der Waals surface area contributed by atoms with Gasteiger partial charge < -0.3 is 14.8 Å². The maximum atomic E-state index is 12.9. The maximum absolute atomic E-state index is 12.9. The molecule has 0 fully saturated rings. The van der Waals surface area contributed by atoms with Crippen molar-refractivity contribution in [2.75, 3.05) is 13.7 Å². The van der Waals surface area contributed by atoms with Gasteiger partial charge in [-0.1, -0.05) is 6.07 Å². The van der Waals surface area contributed by atoms with Crippen LogP contribution in [-0.2, 0) is 15.7 Å². The predicted molar refractivity (Wildman–Crippen MR) is 88.7 cm³/mol. The molecule has 0 saturated heterocycles. The number of amides is 1. The molecular weight excluding hydrogens is 367 g/mol. The molecule has 0 spiro atoms. The normalized spacial score (nSPS) is 12.4. The van der Waals surface area contributed by atoms with Crippen LogP contribution in [0.5, 0.6) is 5.75 Å². The summed E-state index contributed by atoms with van der Waals surface area (Å²) in [6.07, 6.45) is -4.33. The highest BCUT2D eigenvalue weighted by atomic mass is 19.4. The van der Waals surface area contributed by atoms with Gasteiger partial charge in [0.1, 0.15) is 0 Å². The van der Waals surface area contributed by atoms with E-state index in [4.69, 9.17) is 9.47 Å². The summed E-state index contributed by atoms with van der Waals surface area (Å²) in [4.78, 5) is 23.9. The molecule has 0 radical (unpaired) electrons. The number of likely N-dealkylation sites (N-methyl/N-ethyl adjacent to an activating group) is 1. The number of rotatable bonds is 6. The Hall–Kier alpha value is -3.04. The number of aromatic nitrogens is 2. The van der Waals surface area contributed by atoms with Gasteiger partial charge in [-0.05, 0) is 32.0 Å². The van der Waals surface area contributed by atoms with Crippen LogP contribution in [0.25, 0.3) is 5.69 Å². The van der Waals surface area contributed by atoms with Crippen LogP contribution in [0.2, 0.25) is 0 Å². The summed E-state index contributed by atoms with van der Waals surface area (Å²) in [5.41, 5.74) is -1.03. The van der Waals surface area contributed by atoms with E-state index < -0.39 is 29.7 Å². The Morgan fingerprint density at radius 1 is 1.33 bits per heavy atom. The number of halogens is 3. The summed E-state index contributed by atoms with van der Waals surface area (Å²) in [7, 11) is 1.28. The molecule has 2 aromatic rings. The Balaban J connectivity index is 2.30. The minimum Gasteiger partial charge on any atom is -0.493 e. The van der Waals surface area contributed by atoms with Crippen molar-refractivity contribution in [1.29, 1.82) is 0 Å². The third-order valence-electron chi connectivity index (χ3n) is 3.54. The van der Waals surface area contributed by atoms with Crippen LogP contribution in [0.3, 0.4) is 0 Å². The van der Waals surface area contributed by atoms with Crippen LogP contribution in [0.4, 0.5) is 13.2 Å². The summed E-state index contributed by atoms with van der Waals surface area (Å²) < 4.78 is 49.8. The first-order valence-corrected chi connectivity index (χ1v) is 7.97. The molecule has 1 atom stereocenters. The topological polar surface area (TPSA) is 82.5 Å². The number of methoxy groups -OCH3 is 1. The highest BCUT2D eigenvalue weighted by Gasteiger charge is 2.31. The lowest BCUT2D eigenvalue weighted by molar-refractivity contribution is -0.137. The number of nitrogens with one attached hydrogen (secondary N) is 1. The predicted octanol–water partition coefficient (Wildman–Crippen LogP) is 2.58. The Morgan fingerprint density at radius 3 is 2.63 bits per heavy atom. The van der Waals surface area contributed by atoms with Crippen LogP contribution >= 0.6 is 0 Å². The lowest BCUT2D eigenvalue weighted by Crippen LogP contribution is -2.35. The van der Waals surface area contributed by atoms with Gasteiger partial charge >= 0.3 is 12.1 Å². The van der Waals surface area contributed by atoms with Crippen LogP contribution in [0.15, 0.2) is 30.5 Å². The SMILES string of the molecule is CCNC(=O)C(C)OC(=O)c1nn(-c2cccc(C(F)(F)F)c2)cc1OC. The molecule has 1 aromatic carbocycles. The molecule has 0 bridgehead atoms. The monoisotopic (exact) mass is 385 g/mol. The molecule has 0 aliphatic heterocycles. The molecule has 146 valence electrons. The Bertz CT molecular complexity index is 833. The second-order valence-electron chi connectivity index (χ2n) is 5.48. The van der Waals surface area contributed by atoms with Crippen molar-refractivity contribution in [3.63, 3.8) is 0 Å². The summed E-state index contributed by atoms with van der Waals surface area (Å²) in [6, 6.07) is 4.43. The van der Waals surface area contributed by atoms with Crippen molar-refractivity contribution >= 4 is 11.9 Å². The van der Waals surface area contributed by atoms with E-state index >= 15 is 0 Å². The lowest BCUT2D eigenvalue weighted by atomic mass is 10.2. The first kappa shape index (κ1) is 20.3. The lowest BCUT2D eigenvalue weighted by Gasteiger charge is -2.12. The second kappa shape index (κ2) is 8.11. The molecule has 1 amide bonds. The van der Waals surface area contributed by atoms with Crippen molar-refractivity contribution in [2.24, 2.45) is 0 Å². The van der Waals surface area contributed by atoms with E-state index in [-0.39, 0.29) is 17.1 Å². The van der Waals surface area contributed by atoms with Crippen molar-refractivity contribution in [3.8, 4) is 11.4 Å². The average Bonchev–Trinajstić information content (AvgIpc) is 3.06. The molecule has 2 rings (SSSR count). The fourth-order valence-electron chi connectivity index (χ4n) is 2.19. The zero-order valence-corrected chi connectivity index (χ0v) is 14.8. The number of carbonyl (C=O) groups excluding carboxylic acids is 2. The fraction of sp³-hybridized carbons (Fsp3) is 0.353.